The highest BCUT2D eigenvalue weighted by Crippen LogP contribution is 2.25. The molecule has 1 heterocycles. The molecule has 2 N–H and O–H groups in total. The Balaban J connectivity index is 2.69. The fraction of sp³-hybridized carbons (Fsp3) is 0.800. The van der Waals surface area contributed by atoms with Gasteiger partial charge in [-0.25, -0.2) is 4.98 Å². The second-order valence-electron chi connectivity index (χ2n) is 4.24. The summed E-state index contributed by atoms with van der Waals surface area (Å²) in [4.78, 5) is 4.23. The van der Waals surface area contributed by atoms with Gasteiger partial charge in [-0.15, -0.1) is 0 Å². The largest absolute Gasteiger partial charge is 0.330 e. The third-order valence-electron chi connectivity index (χ3n) is 2.74. The summed E-state index contributed by atoms with van der Waals surface area (Å²) < 4.78 is 1.82. The Kier molecular flexibility index (Phi) is 3.63. The van der Waals surface area contributed by atoms with Gasteiger partial charge in [0.2, 0.25) is 0 Å². The highest BCUT2D eigenvalue weighted by molar-refractivity contribution is 4.92. The van der Waals surface area contributed by atoms with Crippen LogP contribution in [0.5, 0.6) is 0 Å². The topological polar surface area (TPSA) is 56.7 Å². The Morgan fingerprint density at radius 2 is 2.29 bits per heavy atom. The van der Waals surface area contributed by atoms with Crippen LogP contribution in [0.3, 0.4) is 0 Å². The Labute approximate surface area is 85.5 Å². The average molecular weight is 196 g/mol. The Hall–Kier alpha value is -0.900. The molecule has 0 aliphatic carbocycles. The molecule has 4 nitrogen and oxygen atoms in total. The van der Waals surface area contributed by atoms with Crippen LogP contribution in [0.1, 0.15) is 32.5 Å². The molecule has 1 rings (SSSR count). The SMILES string of the molecule is CCCC(C)(CN)Cc1ncnn1C. The minimum atomic E-state index is 0.162. The summed E-state index contributed by atoms with van der Waals surface area (Å²) in [5.74, 6) is 1.02. The molecule has 0 saturated heterocycles. The number of rotatable bonds is 5. The van der Waals surface area contributed by atoms with Crippen LogP contribution in [-0.2, 0) is 13.5 Å². The molecule has 0 radical (unpaired) electrons. The van der Waals surface area contributed by atoms with Crippen LogP contribution >= 0.6 is 0 Å². The first-order chi connectivity index (χ1) is 6.61. The summed E-state index contributed by atoms with van der Waals surface area (Å²) in [5, 5.41) is 4.06. The summed E-state index contributed by atoms with van der Waals surface area (Å²) in [6.45, 7) is 5.10. The molecule has 0 aliphatic heterocycles. The summed E-state index contributed by atoms with van der Waals surface area (Å²) in [6, 6.07) is 0. The molecule has 0 bridgehead atoms. The highest BCUT2D eigenvalue weighted by atomic mass is 15.3. The predicted molar refractivity (Wildman–Crippen MR) is 56.8 cm³/mol. The van der Waals surface area contributed by atoms with E-state index >= 15 is 0 Å². The predicted octanol–water partition coefficient (Wildman–Crippen LogP) is 1.12. The molecular weight excluding hydrogens is 176 g/mol. The summed E-state index contributed by atoms with van der Waals surface area (Å²) >= 11 is 0. The van der Waals surface area contributed by atoms with Gasteiger partial charge in [-0.3, -0.25) is 4.68 Å². The second kappa shape index (κ2) is 4.55. The zero-order chi connectivity index (χ0) is 10.6. The molecule has 0 fully saturated rings. The number of nitrogens with two attached hydrogens (primary N) is 1. The maximum absolute atomic E-state index is 5.80. The molecular formula is C10H20N4. The van der Waals surface area contributed by atoms with Crippen LogP contribution in [0, 0.1) is 5.41 Å². The van der Waals surface area contributed by atoms with Crippen LogP contribution in [-0.4, -0.2) is 21.3 Å². The lowest BCUT2D eigenvalue weighted by atomic mass is 9.82. The van der Waals surface area contributed by atoms with E-state index in [-0.39, 0.29) is 5.41 Å². The van der Waals surface area contributed by atoms with E-state index in [4.69, 9.17) is 5.73 Å². The molecule has 0 saturated carbocycles. The van der Waals surface area contributed by atoms with Crippen molar-refractivity contribution in [2.45, 2.75) is 33.1 Å². The van der Waals surface area contributed by atoms with Crippen LogP contribution in [0.4, 0.5) is 0 Å². The van der Waals surface area contributed by atoms with Gasteiger partial charge >= 0.3 is 0 Å². The molecule has 4 heteroatoms. The molecule has 0 aliphatic rings. The summed E-state index contributed by atoms with van der Waals surface area (Å²) in [5.41, 5.74) is 5.96. The van der Waals surface area contributed by atoms with Crippen LogP contribution in [0.25, 0.3) is 0 Å². The van der Waals surface area contributed by atoms with Gasteiger partial charge in [-0.05, 0) is 18.4 Å². The van der Waals surface area contributed by atoms with Crippen molar-refractivity contribution in [2.75, 3.05) is 6.54 Å². The number of aryl methyl sites for hydroxylation is 1. The van der Waals surface area contributed by atoms with Gasteiger partial charge < -0.3 is 5.73 Å². The number of aromatic nitrogens is 3. The minimum absolute atomic E-state index is 0.162. The molecule has 1 unspecified atom stereocenters. The first-order valence-electron chi connectivity index (χ1n) is 5.14. The van der Waals surface area contributed by atoms with Crippen molar-refractivity contribution in [2.24, 2.45) is 18.2 Å². The standard InChI is InChI=1S/C10H20N4/c1-4-5-10(2,7-11)6-9-12-8-13-14(9)3/h8H,4-7,11H2,1-3H3. The number of nitrogens with zero attached hydrogens (tertiary/aromatic N) is 3. The average Bonchev–Trinajstić information content (AvgIpc) is 2.52. The van der Waals surface area contributed by atoms with Crippen molar-refractivity contribution < 1.29 is 0 Å². The van der Waals surface area contributed by atoms with E-state index in [1.807, 2.05) is 11.7 Å². The van der Waals surface area contributed by atoms with E-state index < -0.39 is 0 Å². The van der Waals surface area contributed by atoms with E-state index in [0.29, 0.717) is 6.54 Å². The Morgan fingerprint density at radius 3 is 2.71 bits per heavy atom. The first kappa shape index (κ1) is 11.2. The normalized spacial score (nSPS) is 15.4. The monoisotopic (exact) mass is 196 g/mol. The van der Waals surface area contributed by atoms with E-state index in [2.05, 4.69) is 23.9 Å². The minimum Gasteiger partial charge on any atom is -0.330 e. The maximum Gasteiger partial charge on any atom is 0.138 e. The van der Waals surface area contributed by atoms with Crippen LogP contribution in [0.15, 0.2) is 6.33 Å². The number of hydrogen-bond donors (Lipinski definition) is 1. The van der Waals surface area contributed by atoms with E-state index in [0.717, 1.165) is 25.1 Å². The second-order valence-corrected chi connectivity index (χ2v) is 4.24. The van der Waals surface area contributed by atoms with Crippen molar-refractivity contribution >= 4 is 0 Å². The van der Waals surface area contributed by atoms with Crippen molar-refractivity contribution in [1.29, 1.82) is 0 Å². The van der Waals surface area contributed by atoms with Crippen molar-refractivity contribution in [3.63, 3.8) is 0 Å². The quantitative estimate of drug-likeness (QED) is 0.768. The molecule has 0 amide bonds. The fourth-order valence-corrected chi connectivity index (χ4v) is 1.73. The maximum atomic E-state index is 5.80. The van der Waals surface area contributed by atoms with E-state index in [1.165, 1.54) is 0 Å². The third kappa shape index (κ3) is 2.54. The Bertz CT molecular complexity index is 281. The van der Waals surface area contributed by atoms with Crippen molar-refractivity contribution in [1.82, 2.24) is 14.8 Å². The first-order valence-corrected chi connectivity index (χ1v) is 5.14. The van der Waals surface area contributed by atoms with Gasteiger partial charge in [0.15, 0.2) is 0 Å². The lowest BCUT2D eigenvalue weighted by Gasteiger charge is -2.26. The van der Waals surface area contributed by atoms with Gasteiger partial charge in [0.1, 0.15) is 12.2 Å². The van der Waals surface area contributed by atoms with Crippen LogP contribution < -0.4 is 5.73 Å². The fourth-order valence-electron chi connectivity index (χ4n) is 1.73. The molecule has 0 spiro atoms. The van der Waals surface area contributed by atoms with Gasteiger partial charge in [0.05, 0.1) is 0 Å². The molecule has 1 aromatic rings. The zero-order valence-corrected chi connectivity index (χ0v) is 9.32. The molecule has 14 heavy (non-hydrogen) atoms. The van der Waals surface area contributed by atoms with Gasteiger partial charge in [0, 0.05) is 13.5 Å². The van der Waals surface area contributed by atoms with Crippen molar-refractivity contribution in [3.05, 3.63) is 12.2 Å². The Morgan fingerprint density at radius 1 is 1.57 bits per heavy atom. The third-order valence-corrected chi connectivity index (χ3v) is 2.74. The van der Waals surface area contributed by atoms with Gasteiger partial charge in [-0.2, -0.15) is 5.10 Å². The summed E-state index contributed by atoms with van der Waals surface area (Å²) in [6.07, 6.45) is 4.80. The molecule has 80 valence electrons. The van der Waals surface area contributed by atoms with E-state index in [9.17, 15) is 0 Å². The van der Waals surface area contributed by atoms with E-state index in [1.54, 1.807) is 6.33 Å². The lowest BCUT2D eigenvalue weighted by molar-refractivity contribution is 0.292. The molecule has 1 aromatic heterocycles. The molecule has 1 atom stereocenters. The highest BCUT2D eigenvalue weighted by Gasteiger charge is 2.23. The van der Waals surface area contributed by atoms with Crippen LogP contribution in [0.2, 0.25) is 0 Å². The zero-order valence-electron chi connectivity index (χ0n) is 9.32. The van der Waals surface area contributed by atoms with Crippen molar-refractivity contribution in [3.8, 4) is 0 Å². The smallest absolute Gasteiger partial charge is 0.138 e. The summed E-state index contributed by atoms with van der Waals surface area (Å²) in [7, 11) is 1.92. The molecule has 0 aromatic carbocycles. The van der Waals surface area contributed by atoms with Gasteiger partial charge in [-0.1, -0.05) is 20.3 Å². The number of hydrogen-bond acceptors (Lipinski definition) is 3. The van der Waals surface area contributed by atoms with Gasteiger partial charge in [0.25, 0.3) is 0 Å². The lowest BCUT2D eigenvalue weighted by Crippen LogP contribution is -2.30.